The molecule has 2 rings (SSSR count). The molecule has 0 bridgehead atoms. The molecule has 0 aliphatic heterocycles. The van der Waals surface area contributed by atoms with Crippen molar-refractivity contribution in [2.45, 2.75) is 20.3 Å². The van der Waals surface area contributed by atoms with Gasteiger partial charge in [0.05, 0.1) is 6.61 Å². The van der Waals surface area contributed by atoms with E-state index in [4.69, 9.17) is 9.47 Å². The van der Waals surface area contributed by atoms with Crippen LogP contribution < -0.4 is 14.8 Å². The van der Waals surface area contributed by atoms with Gasteiger partial charge in [0.2, 0.25) is 5.91 Å². The van der Waals surface area contributed by atoms with Crippen LogP contribution in [0.4, 0.5) is 5.69 Å². The van der Waals surface area contributed by atoms with Crippen molar-refractivity contribution in [3.8, 4) is 11.5 Å². The quantitative estimate of drug-likeness (QED) is 0.584. The lowest BCUT2D eigenvalue weighted by Gasteiger charge is -2.11. The molecule has 24 heavy (non-hydrogen) atoms. The number of halogens is 1. The molecular formula is C18H18BrNO4. The lowest BCUT2D eigenvalue weighted by Crippen LogP contribution is -2.12. The van der Waals surface area contributed by atoms with Crippen molar-refractivity contribution in [1.82, 2.24) is 0 Å². The van der Waals surface area contributed by atoms with Gasteiger partial charge in [-0.2, -0.15) is 0 Å². The number of hydrogen-bond donors (Lipinski definition) is 1. The Bertz CT molecular complexity index is 746. The fourth-order valence-corrected chi connectivity index (χ4v) is 2.35. The van der Waals surface area contributed by atoms with Crippen LogP contribution >= 0.6 is 15.9 Å². The van der Waals surface area contributed by atoms with Gasteiger partial charge < -0.3 is 14.8 Å². The molecule has 6 heteroatoms. The first-order chi connectivity index (χ1) is 11.5. The molecule has 1 N–H and O–H groups in total. The molecule has 5 nitrogen and oxygen atoms in total. The number of hydrogen-bond acceptors (Lipinski definition) is 4. The van der Waals surface area contributed by atoms with Crippen molar-refractivity contribution in [2.75, 3.05) is 11.9 Å². The van der Waals surface area contributed by atoms with Crippen LogP contribution in [-0.2, 0) is 4.79 Å². The maximum Gasteiger partial charge on any atom is 0.347 e. The predicted octanol–water partition coefficient (Wildman–Crippen LogP) is 4.42. The van der Waals surface area contributed by atoms with Crippen molar-refractivity contribution < 1.29 is 19.1 Å². The van der Waals surface area contributed by atoms with Crippen LogP contribution in [0.25, 0.3) is 0 Å². The maximum atomic E-state index is 12.4. The fourth-order valence-electron chi connectivity index (χ4n) is 1.99. The topological polar surface area (TPSA) is 64.6 Å². The molecule has 0 heterocycles. The Hall–Kier alpha value is -2.34. The van der Waals surface area contributed by atoms with Crippen LogP contribution in [-0.4, -0.2) is 18.5 Å². The van der Waals surface area contributed by atoms with Crippen LogP contribution in [0.2, 0.25) is 0 Å². The molecule has 0 saturated carbocycles. The summed E-state index contributed by atoms with van der Waals surface area (Å²) in [6, 6.07) is 11.8. The Morgan fingerprint density at radius 2 is 1.92 bits per heavy atom. The molecule has 2 aromatic rings. The molecule has 0 fully saturated rings. The zero-order chi connectivity index (χ0) is 17.5. The van der Waals surface area contributed by atoms with Crippen molar-refractivity contribution in [1.29, 1.82) is 0 Å². The average Bonchev–Trinajstić information content (AvgIpc) is 2.56. The van der Waals surface area contributed by atoms with E-state index >= 15 is 0 Å². The van der Waals surface area contributed by atoms with E-state index in [9.17, 15) is 9.59 Å². The number of amides is 1. The lowest BCUT2D eigenvalue weighted by molar-refractivity contribution is -0.115. The van der Waals surface area contributed by atoms with Crippen molar-refractivity contribution in [2.24, 2.45) is 0 Å². The molecule has 0 radical (unpaired) electrons. The Labute approximate surface area is 149 Å². The smallest absolute Gasteiger partial charge is 0.347 e. The number of carbonyl (C=O) groups excluding carboxylic acids is 2. The SMILES string of the molecule is CCOc1ccc(Br)cc1C(=O)Oc1cccc(NC(=O)CC)c1. The number of anilines is 1. The van der Waals surface area contributed by atoms with Crippen LogP contribution in [0.1, 0.15) is 30.6 Å². The van der Waals surface area contributed by atoms with Crippen molar-refractivity contribution in [3.05, 3.63) is 52.5 Å². The van der Waals surface area contributed by atoms with Crippen LogP contribution in [0.5, 0.6) is 11.5 Å². The van der Waals surface area contributed by atoms with Gasteiger partial charge in [0.1, 0.15) is 17.1 Å². The molecule has 0 aliphatic carbocycles. The minimum absolute atomic E-state index is 0.107. The standard InChI is InChI=1S/C18H18BrNO4/c1-3-17(21)20-13-6-5-7-14(11-13)24-18(22)15-10-12(19)8-9-16(15)23-4-2/h5-11H,3-4H2,1-2H3,(H,20,21). The maximum absolute atomic E-state index is 12.4. The number of carbonyl (C=O) groups is 2. The van der Waals surface area contributed by atoms with E-state index in [1.54, 1.807) is 49.4 Å². The summed E-state index contributed by atoms with van der Waals surface area (Å²) < 4.78 is 11.6. The highest BCUT2D eigenvalue weighted by Crippen LogP contribution is 2.26. The van der Waals surface area contributed by atoms with Crippen LogP contribution in [0.15, 0.2) is 46.9 Å². The highest BCUT2D eigenvalue weighted by molar-refractivity contribution is 9.10. The van der Waals surface area contributed by atoms with Crippen molar-refractivity contribution >= 4 is 33.5 Å². The highest BCUT2D eigenvalue weighted by Gasteiger charge is 2.16. The van der Waals surface area contributed by atoms with Gasteiger partial charge in [-0.15, -0.1) is 0 Å². The number of esters is 1. The molecule has 1 amide bonds. The van der Waals surface area contributed by atoms with Crippen LogP contribution in [0.3, 0.4) is 0 Å². The monoisotopic (exact) mass is 391 g/mol. The largest absolute Gasteiger partial charge is 0.493 e. The van der Waals surface area contributed by atoms with E-state index in [1.807, 2.05) is 6.92 Å². The van der Waals surface area contributed by atoms with Crippen molar-refractivity contribution in [3.63, 3.8) is 0 Å². The second kappa shape index (κ2) is 8.49. The predicted molar refractivity (Wildman–Crippen MR) is 95.6 cm³/mol. The Balaban J connectivity index is 2.19. The van der Waals surface area contributed by atoms with Gasteiger partial charge in [-0.1, -0.05) is 28.9 Å². The van der Waals surface area contributed by atoms with E-state index in [0.717, 1.165) is 4.47 Å². The molecule has 0 unspecified atom stereocenters. The van der Waals surface area contributed by atoms with E-state index in [0.29, 0.717) is 35.8 Å². The van der Waals surface area contributed by atoms with E-state index in [1.165, 1.54) is 0 Å². The molecule has 0 aromatic heterocycles. The third-order valence-electron chi connectivity index (χ3n) is 3.11. The van der Waals surface area contributed by atoms with Gasteiger partial charge in [-0.25, -0.2) is 4.79 Å². The molecule has 0 atom stereocenters. The molecule has 126 valence electrons. The number of rotatable bonds is 6. The number of ether oxygens (including phenoxy) is 2. The van der Waals surface area contributed by atoms with Gasteiger partial charge in [-0.3, -0.25) is 4.79 Å². The highest BCUT2D eigenvalue weighted by atomic mass is 79.9. The summed E-state index contributed by atoms with van der Waals surface area (Å²) in [4.78, 5) is 23.9. The molecule has 0 saturated heterocycles. The van der Waals surface area contributed by atoms with Gasteiger partial charge >= 0.3 is 5.97 Å². The molecular weight excluding hydrogens is 374 g/mol. The average molecular weight is 392 g/mol. The first kappa shape index (κ1) is 18.0. The summed E-state index contributed by atoms with van der Waals surface area (Å²) >= 11 is 3.34. The van der Waals surface area contributed by atoms with Crippen LogP contribution in [0, 0.1) is 0 Å². The number of nitrogens with one attached hydrogen (secondary N) is 1. The second-order valence-corrected chi connectivity index (χ2v) is 5.81. The normalized spacial score (nSPS) is 10.1. The zero-order valence-corrected chi connectivity index (χ0v) is 15.1. The van der Waals surface area contributed by atoms with Gasteiger partial charge in [0.15, 0.2) is 0 Å². The summed E-state index contributed by atoms with van der Waals surface area (Å²) in [6.07, 6.45) is 0.375. The minimum atomic E-state index is -0.529. The lowest BCUT2D eigenvalue weighted by atomic mass is 10.2. The summed E-state index contributed by atoms with van der Waals surface area (Å²) in [6.45, 7) is 4.05. The summed E-state index contributed by atoms with van der Waals surface area (Å²) in [5.74, 6) is 0.167. The summed E-state index contributed by atoms with van der Waals surface area (Å²) in [5, 5.41) is 2.72. The van der Waals surface area contributed by atoms with E-state index < -0.39 is 5.97 Å². The van der Waals surface area contributed by atoms with E-state index in [-0.39, 0.29) is 5.91 Å². The Kier molecular flexibility index (Phi) is 6.37. The van der Waals surface area contributed by atoms with Gasteiger partial charge in [0.25, 0.3) is 0 Å². The minimum Gasteiger partial charge on any atom is -0.493 e. The first-order valence-corrected chi connectivity index (χ1v) is 8.37. The fraction of sp³-hybridized carbons (Fsp3) is 0.222. The third-order valence-corrected chi connectivity index (χ3v) is 3.60. The van der Waals surface area contributed by atoms with Gasteiger partial charge in [-0.05, 0) is 37.3 Å². The Morgan fingerprint density at radius 3 is 2.62 bits per heavy atom. The second-order valence-electron chi connectivity index (χ2n) is 4.89. The molecule has 2 aromatic carbocycles. The molecule has 0 aliphatic rings. The Morgan fingerprint density at radius 1 is 1.12 bits per heavy atom. The third kappa shape index (κ3) is 4.83. The molecule has 0 spiro atoms. The zero-order valence-electron chi connectivity index (χ0n) is 13.5. The summed E-state index contributed by atoms with van der Waals surface area (Å²) in [5.41, 5.74) is 0.903. The number of benzene rings is 2. The van der Waals surface area contributed by atoms with Gasteiger partial charge in [0, 0.05) is 22.6 Å². The van der Waals surface area contributed by atoms with E-state index in [2.05, 4.69) is 21.2 Å². The summed E-state index contributed by atoms with van der Waals surface area (Å²) in [7, 11) is 0. The first-order valence-electron chi connectivity index (χ1n) is 7.58.